The van der Waals surface area contributed by atoms with Gasteiger partial charge in [-0.25, -0.2) is 9.78 Å². The fraction of sp³-hybridized carbons (Fsp3) is 0.375. The lowest BCUT2D eigenvalue weighted by atomic mass is 10.3. The fourth-order valence-electron chi connectivity index (χ4n) is 2.34. The molecule has 2 heterocycles. The van der Waals surface area contributed by atoms with Gasteiger partial charge in [-0.05, 0) is 19.1 Å². The van der Waals surface area contributed by atoms with Crippen LogP contribution in [0.25, 0.3) is 10.2 Å². The third-order valence-electron chi connectivity index (χ3n) is 3.58. The maximum atomic E-state index is 12.1. The Hall–Kier alpha value is -2.13. The van der Waals surface area contributed by atoms with E-state index >= 15 is 0 Å². The first-order valence-electron chi connectivity index (χ1n) is 7.81. The van der Waals surface area contributed by atoms with Gasteiger partial charge in [0.05, 0.1) is 16.6 Å². The Kier molecular flexibility index (Phi) is 5.54. The van der Waals surface area contributed by atoms with Crippen LogP contribution in [0.5, 0.6) is 0 Å². The highest BCUT2D eigenvalue weighted by Crippen LogP contribution is 2.29. The minimum Gasteiger partial charge on any atom is -0.452 e. The van der Waals surface area contributed by atoms with Crippen molar-refractivity contribution in [1.82, 2.24) is 15.2 Å². The zero-order valence-electron chi connectivity index (χ0n) is 13.6. The molecule has 7 nitrogen and oxygen atoms in total. The van der Waals surface area contributed by atoms with Gasteiger partial charge in [-0.1, -0.05) is 23.9 Å². The summed E-state index contributed by atoms with van der Waals surface area (Å²) in [7, 11) is 0. The highest BCUT2D eigenvalue weighted by molar-refractivity contribution is 8.01. The van der Waals surface area contributed by atoms with Gasteiger partial charge in [-0.2, -0.15) is 0 Å². The first-order chi connectivity index (χ1) is 12.0. The maximum Gasteiger partial charge on any atom is 0.324 e. The number of imide groups is 1. The molecular weight excluding hydrogens is 362 g/mol. The summed E-state index contributed by atoms with van der Waals surface area (Å²) in [4.78, 5) is 41.0. The molecule has 0 spiro atoms. The molecule has 1 aliphatic heterocycles. The van der Waals surface area contributed by atoms with Crippen molar-refractivity contribution in [2.45, 2.75) is 23.8 Å². The summed E-state index contributed by atoms with van der Waals surface area (Å²) in [5.74, 6) is -0.444. The minimum atomic E-state index is -0.969. The van der Waals surface area contributed by atoms with E-state index in [0.717, 1.165) is 19.5 Å². The Balaban J connectivity index is 1.44. The van der Waals surface area contributed by atoms with Crippen molar-refractivity contribution in [3.63, 3.8) is 0 Å². The molecule has 3 amide bonds. The van der Waals surface area contributed by atoms with Crippen LogP contribution in [0.15, 0.2) is 28.6 Å². The second kappa shape index (κ2) is 7.83. The van der Waals surface area contributed by atoms with E-state index in [2.05, 4.69) is 10.3 Å². The lowest BCUT2D eigenvalue weighted by molar-refractivity contribution is -0.157. The number of thioether (sulfide) groups is 1. The number of nitrogens with zero attached hydrogens (tertiary/aromatic N) is 2. The van der Waals surface area contributed by atoms with Crippen LogP contribution in [0.2, 0.25) is 0 Å². The number of carbonyl (C=O) groups excluding carboxylic acids is 3. The van der Waals surface area contributed by atoms with E-state index in [4.69, 9.17) is 4.74 Å². The Labute approximate surface area is 152 Å². The average molecular weight is 379 g/mol. The number of urea groups is 1. The number of carbonyl (C=O) groups is 3. The van der Waals surface area contributed by atoms with Crippen molar-refractivity contribution < 1.29 is 19.1 Å². The molecule has 1 aromatic heterocycles. The van der Waals surface area contributed by atoms with Gasteiger partial charge >= 0.3 is 12.0 Å². The largest absolute Gasteiger partial charge is 0.452 e. The molecule has 1 aromatic carbocycles. The summed E-state index contributed by atoms with van der Waals surface area (Å²) < 4.78 is 7.13. The maximum absolute atomic E-state index is 12.1. The minimum absolute atomic E-state index is 0.171. The van der Waals surface area contributed by atoms with Crippen LogP contribution in [0, 0.1) is 0 Å². The molecular formula is C16H17N3O4S2. The number of thiazole rings is 1. The van der Waals surface area contributed by atoms with Crippen LogP contribution in [0.1, 0.15) is 13.3 Å². The number of para-hydroxylation sites is 1. The molecule has 1 N–H and O–H groups in total. The number of hydrogen-bond donors (Lipinski definition) is 1. The Morgan fingerprint density at radius 1 is 1.44 bits per heavy atom. The molecule has 0 aliphatic carbocycles. The topological polar surface area (TPSA) is 88.6 Å². The molecule has 1 atom stereocenters. The monoisotopic (exact) mass is 379 g/mol. The number of esters is 1. The average Bonchev–Trinajstić information content (AvgIpc) is 3.19. The van der Waals surface area contributed by atoms with Gasteiger partial charge in [0.2, 0.25) is 0 Å². The first kappa shape index (κ1) is 17.7. The fourth-order valence-corrected chi connectivity index (χ4v) is 4.40. The SMILES string of the molecule is C[C@@H](OC(=O)CCSc1nc2ccccc2s1)C(=O)N1CCNC1=O. The van der Waals surface area contributed by atoms with Gasteiger partial charge in [0.1, 0.15) is 0 Å². The highest BCUT2D eigenvalue weighted by Gasteiger charge is 2.31. The summed E-state index contributed by atoms with van der Waals surface area (Å²) in [5.41, 5.74) is 0.945. The lowest BCUT2D eigenvalue weighted by Gasteiger charge is -2.18. The quantitative estimate of drug-likeness (QED) is 0.612. The molecule has 0 bridgehead atoms. The number of amides is 3. The molecule has 9 heteroatoms. The van der Waals surface area contributed by atoms with Crippen LogP contribution in [0.3, 0.4) is 0 Å². The second-order valence-corrected chi connectivity index (χ2v) is 7.77. The van der Waals surface area contributed by atoms with Crippen LogP contribution in [0.4, 0.5) is 4.79 Å². The smallest absolute Gasteiger partial charge is 0.324 e. The van der Waals surface area contributed by atoms with E-state index in [1.54, 1.807) is 11.3 Å². The van der Waals surface area contributed by atoms with E-state index < -0.39 is 24.0 Å². The van der Waals surface area contributed by atoms with E-state index in [-0.39, 0.29) is 6.42 Å². The van der Waals surface area contributed by atoms with Crippen LogP contribution in [-0.4, -0.2) is 52.7 Å². The summed E-state index contributed by atoms with van der Waals surface area (Å²) >= 11 is 3.06. The van der Waals surface area contributed by atoms with Crippen molar-refractivity contribution in [2.75, 3.05) is 18.8 Å². The number of aromatic nitrogens is 1. The summed E-state index contributed by atoms with van der Waals surface area (Å²) in [5, 5.41) is 2.54. The van der Waals surface area contributed by atoms with Crippen LogP contribution >= 0.6 is 23.1 Å². The standard InChI is InChI=1S/C16H17N3O4S2/c1-10(14(21)19-8-7-17-15(19)22)23-13(20)6-9-24-16-18-11-4-2-3-5-12(11)25-16/h2-5,10H,6-9H2,1H3,(H,17,22)/t10-/m1/s1. The summed E-state index contributed by atoms with van der Waals surface area (Å²) in [6.45, 7) is 2.20. The number of nitrogens with one attached hydrogen (secondary N) is 1. The van der Waals surface area contributed by atoms with Crippen LogP contribution in [-0.2, 0) is 14.3 Å². The van der Waals surface area contributed by atoms with Crippen LogP contribution < -0.4 is 5.32 Å². The van der Waals surface area contributed by atoms with E-state index in [1.165, 1.54) is 18.7 Å². The number of fused-ring (bicyclic) bond motifs is 1. The van der Waals surface area contributed by atoms with Crippen molar-refractivity contribution in [2.24, 2.45) is 0 Å². The Morgan fingerprint density at radius 2 is 2.24 bits per heavy atom. The Morgan fingerprint density at radius 3 is 2.96 bits per heavy atom. The molecule has 132 valence electrons. The molecule has 3 rings (SSSR count). The summed E-state index contributed by atoms with van der Waals surface area (Å²) in [6, 6.07) is 7.41. The third kappa shape index (κ3) is 4.29. The highest BCUT2D eigenvalue weighted by atomic mass is 32.2. The van der Waals surface area contributed by atoms with Gasteiger partial charge in [0.15, 0.2) is 10.4 Å². The van der Waals surface area contributed by atoms with Gasteiger partial charge in [-0.3, -0.25) is 14.5 Å². The molecule has 0 radical (unpaired) electrons. The van der Waals surface area contributed by atoms with Crippen molar-refractivity contribution in [1.29, 1.82) is 0 Å². The van der Waals surface area contributed by atoms with Gasteiger partial charge < -0.3 is 10.1 Å². The predicted octanol–water partition coefficient (Wildman–Crippen LogP) is 2.26. The van der Waals surface area contributed by atoms with Crippen molar-refractivity contribution >= 4 is 51.2 Å². The van der Waals surface area contributed by atoms with Crippen molar-refractivity contribution in [3.05, 3.63) is 24.3 Å². The summed E-state index contributed by atoms with van der Waals surface area (Å²) in [6.07, 6.45) is -0.798. The van der Waals surface area contributed by atoms with Gasteiger partial charge in [0, 0.05) is 18.8 Å². The molecule has 0 saturated carbocycles. The zero-order chi connectivity index (χ0) is 17.8. The molecule has 1 fully saturated rings. The molecule has 1 saturated heterocycles. The first-order valence-corrected chi connectivity index (χ1v) is 9.62. The number of ether oxygens (including phenoxy) is 1. The lowest BCUT2D eigenvalue weighted by Crippen LogP contribution is -2.41. The molecule has 0 unspecified atom stereocenters. The Bertz CT molecular complexity index is 775. The third-order valence-corrected chi connectivity index (χ3v) is 5.77. The number of hydrogen-bond acceptors (Lipinski definition) is 7. The van der Waals surface area contributed by atoms with E-state index in [0.29, 0.717) is 18.8 Å². The zero-order valence-corrected chi connectivity index (χ0v) is 15.2. The number of rotatable bonds is 6. The normalized spacial score (nSPS) is 15.2. The molecule has 1 aliphatic rings. The van der Waals surface area contributed by atoms with Crippen molar-refractivity contribution in [3.8, 4) is 0 Å². The van der Waals surface area contributed by atoms with E-state index in [1.807, 2.05) is 24.3 Å². The number of benzene rings is 1. The van der Waals surface area contributed by atoms with E-state index in [9.17, 15) is 14.4 Å². The predicted molar refractivity (Wildman–Crippen MR) is 95.6 cm³/mol. The van der Waals surface area contributed by atoms with Gasteiger partial charge in [-0.15, -0.1) is 11.3 Å². The molecule has 2 aromatic rings. The second-order valence-electron chi connectivity index (χ2n) is 5.40. The van der Waals surface area contributed by atoms with Gasteiger partial charge in [0.25, 0.3) is 5.91 Å². The molecule has 25 heavy (non-hydrogen) atoms.